The molecule has 204 valence electrons. The maximum Gasteiger partial charge on any atom is 0.136 e. The van der Waals surface area contributed by atoms with E-state index in [1.807, 2.05) is 0 Å². The van der Waals surface area contributed by atoms with Crippen LogP contribution >= 0.6 is 0 Å². The Hall–Kier alpha value is -1.37. The maximum atomic E-state index is 13.2. The third-order valence-corrected chi connectivity index (χ3v) is 12.5. The summed E-state index contributed by atoms with van der Waals surface area (Å²) in [7, 11) is 0. The first-order chi connectivity index (χ1) is 17.7. The van der Waals surface area contributed by atoms with Crippen LogP contribution in [0.25, 0.3) is 6.08 Å². The molecule has 37 heavy (non-hydrogen) atoms. The third-order valence-electron chi connectivity index (χ3n) is 12.5. The Morgan fingerprint density at radius 3 is 2.35 bits per heavy atom. The predicted molar refractivity (Wildman–Crippen MR) is 157 cm³/mol. The van der Waals surface area contributed by atoms with E-state index in [2.05, 4.69) is 77.1 Å². The van der Waals surface area contributed by atoms with E-state index < -0.39 is 0 Å². The van der Waals surface area contributed by atoms with E-state index in [9.17, 15) is 4.79 Å². The summed E-state index contributed by atoms with van der Waals surface area (Å²) in [5.74, 6) is 6.70. The molecule has 4 fully saturated rings. The van der Waals surface area contributed by atoms with Gasteiger partial charge in [0.25, 0.3) is 0 Å². The van der Waals surface area contributed by atoms with Gasteiger partial charge in [0.2, 0.25) is 0 Å². The van der Waals surface area contributed by atoms with Gasteiger partial charge in [0, 0.05) is 12.3 Å². The van der Waals surface area contributed by atoms with Crippen molar-refractivity contribution >= 4 is 11.9 Å². The highest BCUT2D eigenvalue weighted by atomic mass is 16.1. The molecule has 0 bridgehead atoms. The molecule has 0 amide bonds. The van der Waals surface area contributed by atoms with Crippen LogP contribution in [0.4, 0.5) is 0 Å². The Labute approximate surface area is 228 Å². The van der Waals surface area contributed by atoms with Crippen molar-refractivity contribution < 1.29 is 4.79 Å². The van der Waals surface area contributed by atoms with Crippen molar-refractivity contribution in [1.29, 1.82) is 0 Å². The minimum atomic E-state index is 0.241. The number of allylic oxidation sites excluding steroid dienone is 1. The van der Waals surface area contributed by atoms with Crippen molar-refractivity contribution in [3.63, 3.8) is 0 Å². The Morgan fingerprint density at radius 1 is 0.865 bits per heavy atom. The third kappa shape index (κ3) is 5.15. The number of ketones is 1. The zero-order valence-electron chi connectivity index (χ0n) is 24.6. The molecule has 1 nitrogen and oxygen atoms in total. The smallest absolute Gasteiger partial charge is 0.136 e. The molecular weight excluding hydrogens is 448 g/mol. The van der Waals surface area contributed by atoms with Gasteiger partial charge in [0.15, 0.2) is 0 Å². The monoisotopic (exact) mass is 502 g/mol. The molecule has 0 spiro atoms. The molecule has 4 aliphatic rings. The summed E-state index contributed by atoms with van der Waals surface area (Å²) in [5, 5.41) is 0. The van der Waals surface area contributed by atoms with Gasteiger partial charge < -0.3 is 0 Å². The van der Waals surface area contributed by atoms with Crippen LogP contribution in [0.15, 0.2) is 36.4 Å². The Balaban J connectivity index is 1.28. The summed E-state index contributed by atoms with van der Waals surface area (Å²) in [4.78, 5) is 13.2. The second kappa shape index (κ2) is 11.0. The fourth-order valence-corrected chi connectivity index (χ4v) is 10.6. The van der Waals surface area contributed by atoms with Crippen molar-refractivity contribution in [3.05, 3.63) is 42.0 Å². The minimum absolute atomic E-state index is 0.241. The molecule has 1 aromatic carbocycles. The van der Waals surface area contributed by atoms with Gasteiger partial charge in [-0.15, -0.1) is 0 Å². The second-order valence-corrected chi connectivity index (χ2v) is 14.7. The molecule has 0 aromatic heterocycles. The van der Waals surface area contributed by atoms with E-state index in [-0.39, 0.29) is 5.92 Å². The summed E-state index contributed by atoms with van der Waals surface area (Å²) in [6.45, 7) is 12.7. The number of carbonyl (C=O) groups excluding carboxylic acids is 1. The van der Waals surface area contributed by atoms with Crippen LogP contribution in [-0.2, 0) is 4.79 Å². The lowest BCUT2D eigenvalue weighted by atomic mass is 9.43. The van der Waals surface area contributed by atoms with Crippen molar-refractivity contribution in [3.8, 4) is 0 Å². The molecule has 1 aromatic rings. The molecule has 0 saturated heterocycles. The molecule has 5 rings (SSSR count). The number of benzene rings is 1. The quantitative estimate of drug-likeness (QED) is 0.345. The largest absolute Gasteiger partial charge is 0.299 e. The van der Waals surface area contributed by atoms with Gasteiger partial charge in [-0.2, -0.15) is 0 Å². The first-order valence-electron chi connectivity index (χ1n) is 16.0. The molecular formula is C36H54O. The van der Waals surface area contributed by atoms with Crippen LogP contribution in [-0.4, -0.2) is 5.78 Å². The van der Waals surface area contributed by atoms with Gasteiger partial charge in [-0.25, -0.2) is 0 Å². The molecule has 0 aliphatic heterocycles. The number of Topliss-reactive ketones (excluding diaryl/α,β-unsaturated/α-hetero) is 1. The Kier molecular flexibility index (Phi) is 8.10. The predicted octanol–water partition coefficient (Wildman–Crippen LogP) is 10.0. The van der Waals surface area contributed by atoms with Gasteiger partial charge >= 0.3 is 0 Å². The van der Waals surface area contributed by atoms with Gasteiger partial charge in [0.1, 0.15) is 5.78 Å². The van der Waals surface area contributed by atoms with Crippen LogP contribution < -0.4 is 0 Å². The SMILES string of the molecule is CC(C)CCC[C@@H](C)[C@H]1CC[C@H]2[C@@H]3CC[C@H]4[C@H](C/C=C/c5ccccc5)C(=O)CC[C@]4(C)[C@H]3CC[C@]12C. The molecule has 0 radical (unpaired) electrons. The topological polar surface area (TPSA) is 17.1 Å². The number of rotatable bonds is 8. The molecule has 1 heteroatoms. The number of hydrogen-bond acceptors (Lipinski definition) is 1. The second-order valence-electron chi connectivity index (χ2n) is 14.7. The van der Waals surface area contributed by atoms with Crippen molar-refractivity contribution in [2.24, 2.45) is 58.2 Å². The fourth-order valence-electron chi connectivity index (χ4n) is 10.6. The van der Waals surface area contributed by atoms with Crippen LogP contribution in [0.2, 0.25) is 0 Å². The van der Waals surface area contributed by atoms with Crippen LogP contribution in [0, 0.1) is 58.2 Å². The number of fused-ring (bicyclic) bond motifs is 5. The first kappa shape index (κ1) is 27.2. The number of hydrogen-bond donors (Lipinski definition) is 0. The summed E-state index contributed by atoms with van der Waals surface area (Å²) in [6.07, 6.45) is 20.1. The lowest BCUT2D eigenvalue weighted by molar-refractivity contribution is -0.152. The van der Waals surface area contributed by atoms with E-state index in [1.54, 1.807) is 0 Å². The molecule has 9 atom stereocenters. The average Bonchev–Trinajstić information content (AvgIpc) is 3.23. The van der Waals surface area contributed by atoms with Crippen LogP contribution in [0.5, 0.6) is 0 Å². The lowest BCUT2D eigenvalue weighted by Gasteiger charge is -2.62. The van der Waals surface area contributed by atoms with Gasteiger partial charge in [-0.1, -0.05) is 96.4 Å². The van der Waals surface area contributed by atoms with E-state index in [4.69, 9.17) is 0 Å². The summed E-state index contributed by atoms with van der Waals surface area (Å²) < 4.78 is 0. The van der Waals surface area contributed by atoms with Gasteiger partial charge in [-0.05, 0) is 109 Å². The van der Waals surface area contributed by atoms with Gasteiger partial charge in [-0.3, -0.25) is 4.79 Å². The van der Waals surface area contributed by atoms with E-state index in [0.29, 0.717) is 22.5 Å². The normalized spacial score (nSPS) is 40.4. The van der Waals surface area contributed by atoms with Crippen LogP contribution in [0.3, 0.4) is 0 Å². The molecule has 0 N–H and O–H groups in total. The summed E-state index contributed by atoms with van der Waals surface area (Å²) in [5.41, 5.74) is 2.17. The zero-order chi connectivity index (χ0) is 26.2. The Bertz CT molecular complexity index is 945. The molecule has 4 aliphatic carbocycles. The molecule has 0 unspecified atom stereocenters. The van der Waals surface area contributed by atoms with E-state index >= 15 is 0 Å². The molecule has 4 saturated carbocycles. The zero-order valence-corrected chi connectivity index (χ0v) is 24.6. The van der Waals surface area contributed by atoms with Crippen molar-refractivity contribution in [2.45, 2.75) is 112 Å². The van der Waals surface area contributed by atoms with Gasteiger partial charge in [0.05, 0.1) is 0 Å². The minimum Gasteiger partial charge on any atom is -0.299 e. The summed E-state index contributed by atoms with van der Waals surface area (Å²) >= 11 is 0. The highest BCUT2D eigenvalue weighted by molar-refractivity contribution is 5.82. The van der Waals surface area contributed by atoms with Crippen molar-refractivity contribution in [1.82, 2.24) is 0 Å². The number of carbonyl (C=O) groups is 1. The van der Waals surface area contributed by atoms with E-state index in [0.717, 1.165) is 54.8 Å². The van der Waals surface area contributed by atoms with E-state index in [1.165, 1.54) is 63.4 Å². The maximum absolute atomic E-state index is 13.2. The standard InChI is InChI=1S/C36H54O/c1-25(2)11-9-12-26(3)30-19-20-31-28-17-18-32-29(16-10-15-27-13-7-6-8-14-27)34(37)22-24-36(32,5)33(28)21-23-35(30,31)4/h6-8,10,13-15,25-26,28-33H,9,11-12,16-24H2,1-5H3/b15-10+/t26-,28+,29+,30-,31+,32+,33+,35-,36+/m1/s1. The van der Waals surface area contributed by atoms with Crippen LogP contribution in [0.1, 0.15) is 117 Å². The molecule has 0 heterocycles. The summed E-state index contributed by atoms with van der Waals surface area (Å²) in [6, 6.07) is 10.6. The van der Waals surface area contributed by atoms with Crippen molar-refractivity contribution in [2.75, 3.05) is 0 Å². The highest BCUT2D eigenvalue weighted by Gasteiger charge is 2.61. The average molecular weight is 503 g/mol. The fraction of sp³-hybridized carbons (Fsp3) is 0.750. The Morgan fingerprint density at radius 2 is 1.59 bits per heavy atom. The highest BCUT2D eigenvalue weighted by Crippen LogP contribution is 2.69. The lowest BCUT2D eigenvalue weighted by Crippen LogP contribution is -2.56. The first-order valence-corrected chi connectivity index (χ1v) is 16.0.